The second kappa shape index (κ2) is 8.35. The largest absolute Gasteiger partial charge is 0.411 e. The summed E-state index contributed by atoms with van der Waals surface area (Å²) in [6.45, 7) is -0.663. The van der Waals surface area contributed by atoms with Crippen LogP contribution in [-0.4, -0.2) is 49.4 Å². The lowest BCUT2D eigenvalue weighted by Crippen LogP contribution is -2.26. The number of alkyl halides is 3. The van der Waals surface area contributed by atoms with Gasteiger partial charge < -0.3 is 14.8 Å². The van der Waals surface area contributed by atoms with Gasteiger partial charge in [0.15, 0.2) is 0 Å². The number of ether oxygens (including phenoxy) is 2. The van der Waals surface area contributed by atoms with Gasteiger partial charge in [-0.1, -0.05) is 0 Å². The fourth-order valence-electron chi connectivity index (χ4n) is 1.37. The fourth-order valence-corrected chi connectivity index (χ4v) is 1.82. The summed E-state index contributed by atoms with van der Waals surface area (Å²) in [5.41, 5.74) is 0.0394. The maximum atomic E-state index is 11.9. The van der Waals surface area contributed by atoms with Gasteiger partial charge in [0, 0.05) is 13.7 Å². The fraction of sp³-hybridized carbons (Fsp3) is 0.636. The molecule has 0 radical (unpaired) electrons. The predicted octanol–water partition coefficient (Wildman–Crippen LogP) is 1.64. The Kier molecular flexibility index (Phi) is 7.12. The Bertz CT molecular complexity index is 508. The van der Waals surface area contributed by atoms with E-state index in [-0.39, 0.29) is 23.2 Å². The first-order valence-corrected chi connectivity index (χ1v) is 6.77. The predicted molar refractivity (Wildman–Crippen MR) is 73.4 cm³/mol. The third kappa shape index (κ3) is 6.44. The van der Waals surface area contributed by atoms with Gasteiger partial charge in [0.1, 0.15) is 11.1 Å². The summed E-state index contributed by atoms with van der Waals surface area (Å²) in [5, 5.41) is 6.70. The summed E-state index contributed by atoms with van der Waals surface area (Å²) < 4.78 is 46.3. The van der Waals surface area contributed by atoms with Gasteiger partial charge in [-0.25, -0.2) is 4.68 Å². The average Bonchev–Trinajstić information content (AvgIpc) is 2.41. The summed E-state index contributed by atoms with van der Waals surface area (Å²) in [4.78, 5) is 11.9. The van der Waals surface area contributed by atoms with Crippen molar-refractivity contribution in [3.8, 4) is 0 Å². The normalized spacial score (nSPS) is 11.7. The van der Waals surface area contributed by atoms with Crippen molar-refractivity contribution in [1.29, 1.82) is 0 Å². The maximum Gasteiger partial charge on any atom is 0.411 e. The van der Waals surface area contributed by atoms with Gasteiger partial charge >= 0.3 is 6.18 Å². The minimum atomic E-state index is -4.34. The van der Waals surface area contributed by atoms with Crippen LogP contribution >= 0.6 is 15.9 Å². The molecule has 0 aliphatic rings. The first-order chi connectivity index (χ1) is 9.85. The van der Waals surface area contributed by atoms with E-state index in [9.17, 15) is 18.0 Å². The van der Waals surface area contributed by atoms with E-state index in [1.807, 2.05) is 0 Å². The number of nitrogens with zero attached hydrogens (tertiary/aromatic N) is 2. The van der Waals surface area contributed by atoms with Crippen LogP contribution < -0.4 is 10.9 Å². The molecule has 0 atom stereocenters. The zero-order valence-corrected chi connectivity index (χ0v) is 12.8. The third-order valence-electron chi connectivity index (χ3n) is 2.32. The van der Waals surface area contributed by atoms with Crippen LogP contribution in [0.25, 0.3) is 0 Å². The molecular weight excluding hydrogens is 359 g/mol. The standard InChI is InChI=1S/C11H15BrF3N3O3/c1-20-5-3-18-10(19)9(12)8(6-17-18)16-2-4-21-7-11(13,14)15/h6,16H,2-5,7H2,1H3. The maximum absolute atomic E-state index is 11.9. The molecule has 0 aliphatic carbocycles. The minimum absolute atomic E-state index is 0.123. The molecule has 6 nitrogen and oxygen atoms in total. The number of halogens is 4. The summed E-state index contributed by atoms with van der Waals surface area (Å²) >= 11 is 3.13. The molecule has 1 aromatic rings. The van der Waals surface area contributed by atoms with Crippen LogP contribution in [0.2, 0.25) is 0 Å². The van der Waals surface area contributed by atoms with Gasteiger partial charge in [-0.15, -0.1) is 0 Å². The van der Waals surface area contributed by atoms with Crippen molar-refractivity contribution in [3.05, 3.63) is 21.0 Å². The SMILES string of the molecule is COCCn1ncc(NCCOCC(F)(F)F)c(Br)c1=O. The number of methoxy groups -OCH3 is 1. The summed E-state index contributed by atoms with van der Waals surface area (Å²) in [6, 6.07) is 0. The van der Waals surface area contributed by atoms with E-state index in [0.717, 1.165) is 0 Å². The van der Waals surface area contributed by atoms with Crippen molar-refractivity contribution >= 4 is 21.6 Å². The van der Waals surface area contributed by atoms with Crippen LogP contribution in [0.3, 0.4) is 0 Å². The van der Waals surface area contributed by atoms with Gasteiger partial charge in [-0.2, -0.15) is 18.3 Å². The molecule has 0 amide bonds. The summed E-state index contributed by atoms with van der Waals surface area (Å²) in [5.74, 6) is 0. The van der Waals surface area contributed by atoms with Crippen molar-refractivity contribution in [1.82, 2.24) is 9.78 Å². The zero-order valence-electron chi connectivity index (χ0n) is 11.2. The van der Waals surface area contributed by atoms with Crippen LogP contribution in [0.1, 0.15) is 0 Å². The van der Waals surface area contributed by atoms with E-state index in [4.69, 9.17) is 4.74 Å². The molecule has 1 rings (SSSR count). The molecule has 0 saturated carbocycles. The monoisotopic (exact) mass is 373 g/mol. The molecule has 10 heteroatoms. The molecule has 0 fully saturated rings. The van der Waals surface area contributed by atoms with Crippen LogP contribution in [0.15, 0.2) is 15.5 Å². The lowest BCUT2D eigenvalue weighted by Gasteiger charge is -2.11. The number of anilines is 1. The summed E-state index contributed by atoms with van der Waals surface area (Å²) in [6.07, 6.45) is -2.94. The highest BCUT2D eigenvalue weighted by atomic mass is 79.9. The first kappa shape index (κ1) is 17.9. The molecule has 0 aliphatic heterocycles. The van der Waals surface area contributed by atoms with Crippen LogP contribution in [0.5, 0.6) is 0 Å². The molecule has 0 unspecified atom stereocenters. The highest BCUT2D eigenvalue weighted by Crippen LogP contribution is 2.16. The lowest BCUT2D eigenvalue weighted by atomic mass is 10.4. The van der Waals surface area contributed by atoms with Crippen molar-refractivity contribution in [3.63, 3.8) is 0 Å². The lowest BCUT2D eigenvalue weighted by molar-refractivity contribution is -0.172. The molecular formula is C11H15BrF3N3O3. The Morgan fingerprint density at radius 2 is 2.14 bits per heavy atom. The van der Waals surface area contributed by atoms with Gasteiger partial charge in [0.05, 0.1) is 31.6 Å². The Labute approximate surface area is 127 Å². The number of nitrogens with one attached hydrogen (secondary N) is 1. The van der Waals surface area contributed by atoms with Crippen molar-refractivity contribution in [2.75, 3.05) is 38.8 Å². The second-order valence-corrected chi connectivity index (χ2v) is 4.78. The van der Waals surface area contributed by atoms with E-state index >= 15 is 0 Å². The second-order valence-electron chi connectivity index (χ2n) is 3.99. The smallest absolute Gasteiger partial charge is 0.383 e. The Balaban J connectivity index is 2.49. The minimum Gasteiger partial charge on any atom is -0.383 e. The molecule has 0 saturated heterocycles. The third-order valence-corrected chi connectivity index (χ3v) is 3.09. The Hall–Kier alpha value is -1.13. The summed E-state index contributed by atoms with van der Waals surface area (Å²) in [7, 11) is 1.51. The molecule has 21 heavy (non-hydrogen) atoms. The van der Waals surface area contributed by atoms with Crippen LogP contribution in [0.4, 0.5) is 18.9 Å². The van der Waals surface area contributed by atoms with E-state index in [1.165, 1.54) is 18.0 Å². The van der Waals surface area contributed by atoms with Gasteiger partial charge in [0.2, 0.25) is 0 Å². The molecule has 1 aromatic heterocycles. The first-order valence-electron chi connectivity index (χ1n) is 5.98. The van der Waals surface area contributed by atoms with E-state index in [1.54, 1.807) is 0 Å². The van der Waals surface area contributed by atoms with E-state index in [0.29, 0.717) is 18.8 Å². The van der Waals surface area contributed by atoms with Crippen molar-refractivity contribution in [2.24, 2.45) is 0 Å². The van der Waals surface area contributed by atoms with E-state index < -0.39 is 12.8 Å². The molecule has 1 N–H and O–H groups in total. The quantitative estimate of drug-likeness (QED) is 0.701. The highest BCUT2D eigenvalue weighted by molar-refractivity contribution is 9.10. The molecule has 0 spiro atoms. The van der Waals surface area contributed by atoms with Gasteiger partial charge in [-0.05, 0) is 15.9 Å². The number of aromatic nitrogens is 2. The van der Waals surface area contributed by atoms with Crippen LogP contribution in [-0.2, 0) is 16.0 Å². The van der Waals surface area contributed by atoms with E-state index in [2.05, 4.69) is 31.1 Å². The molecule has 120 valence electrons. The molecule has 1 heterocycles. The van der Waals surface area contributed by atoms with Crippen molar-refractivity contribution in [2.45, 2.75) is 12.7 Å². The molecule has 0 bridgehead atoms. The number of rotatable bonds is 8. The average molecular weight is 374 g/mol. The zero-order chi connectivity index (χ0) is 15.9. The Morgan fingerprint density at radius 1 is 1.43 bits per heavy atom. The van der Waals surface area contributed by atoms with Crippen LogP contribution in [0, 0.1) is 0 Å². The van der Waals surface area contributed by atoms with Gasteiger partial charge in [0.25, 0.3) is 5.56 Å². The highest BCUT2D eigenvalue weighted by Gasteiger charge is 2.27. The number of hydrogen-bond acceptors (Lipinski definition) is 5. The topological polar surface area (TPSA) is 65.4 Å². The van der Waals surface area contributed by atoms with Crippen molar-refractivity contribution < 1.29 is 22.6 Å². The van der Waals surface area contributed by atoms with Gasteiger partial charge in [-0.3, -0.25) is 4.79 Å². The number of hydrogen-bond donors (Lipinski definition) is 1. The Morgan fingerprint density at radius 3 is 2.76 bits per heavy atom. The molecule has 0 aromatic carbocycles.